The lowest BCUT2D eigenvalue weighted by Crippen LogP contribution is -2.15. The summed E-state index contributed by atoms with van der Waals surface area (Å²) < 4.78 is 24.5. The molecule has 0 spiro atoms. The molecule has 8 heteroatoms. The highest BCUT2D eigenvalue weighted by Gasteiger charge is 2.12. The van der Waals surface area contributed by atoms with Crippen LogP contribution in [0.1, 0.15) is 10.5 Å². The Morgan fingerprint density at radius 2 is 2.40 bits per heavy atom. The lowest BCUT2D eigenvalue weighted by Gasteiger charge is -2.00. The Balaban J connectivity index is 2.82. The van der Waals surface area contributed by atoms with Gasteiger partial charge in [0.1, 0.15) is 5.69 Å². The minimum Gasteiger partial charge on any atom is -0.477 e. The average molecular weight is 231 g/mol. The van der Waals surface area contributed by atoms with Crippen molar-refractivity contribution in [3.05, 3.63) is 24.4 Å². The SMILES string of the molecule is C=CCS(=O)(=O)Nc1cc(C(=O)O)[nH]n1. The molecule has 0 radical (unpaired) electrons. The van der Waals surface area contributed by atoms with Crippen LogP contribution in [0.25, 0.3) is 0 Å². The molecular formula is C7H9N3O4S. The molecule has 1 rings (SSSR count). The molecular weight excluding hydrogens is 222 g/mol. The van der Waals surface area contributed by atoms with Gasteiger partial charge in [-0.05, 0) is 0 Å². The van der Waals surface area contributed by atoms with Crippen molar-refractivity contribution in [2.45, 2.75) is 0 Å². The van der Waals surface area contributed by atoms with E-state index in [1.54, 1.807) is 0 Å². The molecule has 1 heterocycles. The van der Waals surface area contributed by atoms with E-state index in [1.807, 2.05) is 0 Å². The quantitative estimate of drug-likeness (QED) is 0.619. The molecule has 82 valence electrons. The molecule has 0 amide bonds. The van der Waals surface area contributed by atoms with Crippen molar-refractivity contribution < 1.29 is 18.3 Å². The Morgan fingerprint density at radius 1 is 1.73 bits per heavy atom. The van der Waals surface area contributed by atoms with Crippen molar-refractivity contribution in [2.75, 3.05) is 10.5 Å². The fourth-order valence-corrected chi connectivity index (χ4v) is 1.66. The predicted molar refractivity (Wildman–Crippen MR) is 53.2 cm³/mol. The molecule has 0 saturated carbocycles. The van der Waals surface area contributed by atoms with Gasteiger partial charge >= 0.3 is 5.97 Å². The maximum atomic E-state index is 11.2. The van der Waals surface area contributed by atoms with Crippen LogP contribution in [-0.4, -0.2) is 35.4 Å². The smallest absolute Gasteiger partial charge is 0.353 e. The normalized spacial score (nSPS) is 10.9. The molecule has 0 unspecified atom stereocenters. The molecule has 0 bridgehead atoms. The number of H-pyrrole nitrogens is 1. The molecule has 0 aromatic carbocycles. The maximum absolute atomic E-state index is 11.2. The molecule has 0 aliphatic heterocycles. The first-order chi connectivity index (χ1) is 6.94. The molecule has 7 nitrogen and oxygen atoms in total. The molecule has 0 aliphatic rings. The predicted octanol–water partition coefficient (Wildman–Crippen LogP) is 0.0356. The van der Waals surface area contributed by atoms with E-state index in [9.17, 15) is 13.2 Å². The Labute approximate surface area is 85.9 Å². The topological polar surface area (TPSA) is 112 Å². The summed E-state index contributed by atoms with van der Waals surface area (Å²) >= 11 is 0. The summed E-state index contributed by atoms with van der Waals surface area (Å²) in [4.78, 5) is 10.4. The van der Waals surface area contributed by atoms with Gasteiger partial charge in [0.25, 0.3) is 0 Å². The lowest BCUT2D eigenvalue weighted by molar-refractivity contribution is 0.0690. The van der Waals surface area contributed by atoms with Gasteiger partial charge in [-0.1, -0.05) is 6.08 Å². The highest BCUT2D eigenvalue weighted by atomic mass is 32.2. The summed E-state index contributed by atoms with van der Waals surface area (Å²) in [6.07, 6.45) is 1.22. The van der Waals surface area contributed by atoms with Gasteiger partial charge in [0.05, 0.1) is 5.75 Å². The van der Waals surface area contributed by atoms with Gasteiger partial charge in [-0.25, -0.2) is 13.2 Å². The number of carbonyl (C=O) groups is 1. The van der Waals surface area contributed by atoms with Crippen molar-refractivity contribution in [1.29, 1.82) is 0 Å². The molecule has 0 atom stereocenters. The van der Waals surface area contributed by atoms with E-state index in [0.717, 1.165) is 6.07 Å². The Bertz CT molecular complexity index is 476. The second-order valence-electron chi connectivity index (χ2n) is 2.64. The van der Waals surface area contributed by atoms with Crippen LogP contribution in [0.3, 0.4) is 0 Å². The second kappa shape index (κ2) is 4.13. The number of aromatic nitrogens is 2. The van der Waals surface area contributed by atoms with E-state index in [0.29, 0.717) is 0 Å². The van der Waals surface area contributed by atoms with Crippen LogP contribution in [0.4, 0.5) is 5.82 Å². The first kappa shape index (κ1) is 11.2. The summed E-state index contributed by atoms with van der Waals surface area (Å²) in [7, 11) is -3.54. The van der Waals surface area contributed by atoms with Gasteiger partial charge in [0.15, 0.2) is 5.82 Å². The number of rotatable bonds is 5. The molecule has 0 aliphatic carbocycles. The van der Waals surface area contributed by atoms with E-state index in [-0.39, 0.29) is 17.3 Å². The van der Waals surface area contributed by atoms with Gasteiger partial charge in [-0.2, -0.15) is 5.10 Å². The van der Waals surface area contributed by atoms with Crippen molar-refractivity contribution in [3.8, 4) is 0 Å². The number of aromatic carboxylic acids is 1. The minimum absolute atomic E-state index is 0.0609. The molecule has 3 N–H and O–H groups in total. The van der Waals surface area contributed by atoms with E-state index < -0.39 is 16.0 Å². The van der Waals surface area contributed by atoms with Crippen molar-refractivity contribution >= 4 is 21.8 Å². The number of aromatic amines is 1. The number of nitrogens with one attached hydrogen (secondary N) is 2. The Morgan fingerprint density at radius 3 is 2.87 bits per heavy atom. The van der Waals surface area contributed by atoms with E-state index in [2.05, 4.69) is 21.5 Å². The fourth-order valence-electron chi connectivity index (χ4n) is 0.840. The fraction of sp³-hybridized carbons (Fsp3) is 0.143. The van der Waals surface area contributed by atoms with Crippen LogP contribution in [0.15, 0.2) is 18.7 Å². The minimum atomic E-state index is -3.54. The van der Waals surface area contributed by atoms with Crippen LogP contribution >= 0.6 is 0 Å². The van der Waals surface area contributed by atoms with Gasteiger partial charge in [-0.15, -0.1) is 6.58 Å². The van der Waals surface area contributed by atoms with Gasteiger partial charge in [-0.3, -0.25) is 9.82 Å². The first-order valence-corrected chi connectivity index (χ1v) is 5.50. The number of anilines is 1. The van der Waals surface area contributed by atoms with Crippen LogP contribution in [-0.2, 0) is 10.0 Å². The highest BCUT2D eigenvalue weighted by molar-refractivity contribution is 7.92. The van der Waals surface area contributed by atoms with Crippen LogP contribution in [0.2, 0.25) is 0 Å². The van der Waals surface area contributed by atoms with Crippen LogP contribution in [0.5, 0.6) is 0 Å². The van der Waals surface area contributed by atoms with Crippen molar-refractivity contribution in [3.63, 3.8) is 0 Å². The highest BCUT2D eigenvalue weighted by Crippen LogP contribution is 2.07. The maximum Gasteiger partial charge on any atom is 0.353 e. The number of carboxylic acids is 1. The lowest BCUT2D eigenvalue weighted by atomic mass is 10.4. The van der Waals surface area contributed by atoms with Crippen molar-refractivity contribution in [1.82, 2.24) is 10.2 Å². The molecule has 1 aromatic rings. The Kier molecular flexibility index (Phi) is 3.10. The summed E-state index contributed by atoms with van der Waals surface area (Å²) in [5.41, 5.74) is -0.189. The van der Waals surface area contributed by atoms with Crippen molar-refractivity contribution in [2.24, 2.45) is 0 Å². The summed E-state index contributed by atoms with van der Waals surface area (Å²) in [5.74, 6) is -1.53. The van der Waals surface area contributed by atoms with Crippen LogP contribution < -0.4 is 4.72 Å². The standard InChI is InChI=1S/C7H9N3O4S/c1-2-3-15(13,14)10-6-4-5(7(11)12)8-9-6/h2,4H,1,3H2,(H,11,12)(H2,8,9,10). The van der Waals surface area contributed by atoms with E-state index in [1.165, 1.54) is 6.08 Å². The third-order valence-corrected chi connectivity index (χ3v) is 2.60. The zero-order chi connectivity index (χ0) is 11.5. The van der Waals surface area contributed by atoms with E-state index in [4.69, 9.17) is 5.11 Å². The summed E-state index contributed by atoms with van der Waals surface area (Å²) in [5, 5.41) is 14.2. The van der Waals surface area contributed by atoms with Gasteiger partial charge < -0.3 is 5.11 Å². The average Bonchev–Trinajstić information content (AvgIpc) is 2.51. The summed E-state index contributed by atoms with van der Waals surface area (Å²) in [6, 6.07) is 1.09. The number of carboxylic acid groups (broad SMARTS) is 1. The Hall–Kier alpha value is -1.83. The third-order valence-electron chi connectivity index (χ3n) is 1.41. The third kappa shape index (κ3) is 3.09. The zero-order valence-corrected chi connectivity index (χ0v) is 8.41. The number of sulfonamides is 1. The second-order valence-corrected chi connectivity index (χ2v) is 4.41. The van der Waals surface area contributed by atoms with Gasteiger partial charge in [0, 0.05) is 6.07 Å². The number of hydrogen-bond donors (Lipinski definition) is 3. The molecule has 0 fully saturated rings. The zero-order valence-electron chi connectivity index (χ0n) is 7.60. The molecule has 0 saturated heterocycles. The largest absolute Gasteiger partial charge is 0.477 e. The van der Waals surface area contributed by atoms with Gasteiger partial charge in [0.2, 0.25) is 10.0 Å². The molecule has 15 heavy (non-hydrogen) atoms. The number of hydrogen-bond acceptors (Lipinski definition) is 4. The molecule has 1 aromatic heterocycles. The summed E-state index contributed by atoms with van der Waals surface area (Å²) in [6.45, 7) is 3.28. The number of nitrogens with zero attached hydrogens (tertiary/aromatic N) is 1. The van der Waals surface area contributed by atoms with Crippen LogP contribution in [0, 0.1) is 0 Å². The van der Waals surface area contributed by atoms with E-state index >= 15 is 0 Å². The first-order valence-electron chi connectivity index (χ1n) is 3.84. The monoisotopic (exact) mass is 231 g/mol.